The van der Waals surface area contributed by atoms with E-state index in [1.165, 1.54) is 11.8 Å². The molecule has 0 atom stereocenters. The maximum atomic E-state index is 12.9. The topological polar surface area (TPSA) is 92.5 Å². The molecule has 0 aliphatic rings. The van der Waals surface area contributed by atoms with Crippen molar-refractivity contribution in [1.82, 2.24) is 19.4 Å². The van der Waals surface area contributed by atoms with Gasteiger partial charge in [0.25, 0.3) is 5.91 Å². The lowest BCUT2D eigenvalue weighted by Gasteiger charge is -2.16. The molecule has 144 valence electrons. The van der Waals surface area contributed by atoms with Crippen LogP contribution in [0.2, 0.25) is 0 Å². The minimum absolute atomic E-state index is 0.125. The number of hydrogen-bond acceptors (Lipinski definition) is 5. The van der Waals surface area contributed by atoms with Gasteiger partial charge >= 0.3 is 0 Å². The van der Waals surface area contributed by atoms with Crippen LogP contribution in [0.4, 0.5) is 11.4 Å². The van der Waals surface area contributed by atoms with E-state index >= 15 is 0 Å². The van der Waals surface area contributed by atoms with Crippen LogP contribution in [0.3, 0.4) is 0 Å². The van der Waals surface area contributed by atoms with E-state index in [0.717, 1.165) is 11.3 Å². The summed E-state index contributed by atoms with van der Waals surface area (Å²) >= 11 is 0. The van der Waals surface area contributed by atoms with Crippen LogP contribution in [0.25, 0.3) is 16.9 Å². The lowest BCUT2D eigenvalue weighted by molar-refractivity contribution is -0.114. The second kappa shape index (κ2) is 7.51. The Morgan fingerprint density at radius 1 is 1.03 bits per heavy atom. The molecule has 29 heavy (non-hydrogen) atoms. The SMILES string of the molecule is CC(=O)Nc1ccc(-c2cnc3cnc(C(=O)N(C)c4cccnc4)cn23)cc1. The number of imidazole rings is 1. The Labute approximate surface area is 166 Å². The van der Waals surface area contributed by atoms with Crippen LogP contribution in [-0.4, -0.2) is 38.2 Å². The average molecular weight is 386 g/mol. The fourth-order valence-electron chi connectivity index (χ4n) is 2.98. The number of nitrogens with zero attached hydrogens (tertiary/aromatic N) is 5. The molecular weight excluding hydrogens is 368 g/mol. The first-order valence-corrected chi connectivity index (χ1v) is 8.92. The number of carbonyl (C=O) groups excluding carboxylic acids is 2. The summed E-state index contributed by atoms with van der Waals surface area (Å²) in [7, 11) is 1.68. The molecule has 0 saturated carbocycles. The van der Waals surface area contributed by atoms with Gasteiger partial charge in [0.05, 0.1) is 30.0 Å². The van der Waals surface area contributed by atoms with Crippen LogP contribution in [0, 0.1) is 0 Å². The standard InChI is InChI=1S/C21H18N6O2/c1-14(28)25-16-7-5-15(6-8-16)19-11-24-20-12-23-18(13-27(19)20)21(29)26(2)17-4-3-9-22-10-17/h3-13H,1-2H3,(H,25,28). The average Bonchev–Trinajstić information content (AvgIpc) is 3.16. The molecule has 4 aromatic rings. The Morgan fingerprint density at radius 3 is 2.52 bits per heavy atom. The molecule has 0 fully saturated rings. The first kappa shape index (κ1) is 18.3. The van der Waals surface area contributed by atoms with Gasteiger partial charge in [-0.3, -0.25) is 19.0 Å². The van der Waals surface area contributed by atoms with Crippen molar-refractivity contribution in [2.24, 2.45) is 0 Å². The van der Waals surface area contributed by atoms with Crippen molar-refractivity contribution in [3.8, 4) is 11.3 Å². The molecule has 8 nitrogen and oxygen atoms in total. The number of fused-ring (bicyclic) bond motifs is 1. The van der Waals surface area contributed by atoms with Crippen LogP contribution in [0.15, 0.2) is 67.4 Å². The number of rotatable bonds is 4. The number of benzene rings is 1. The molecule has 1 aromatic carbocycles. The lowest BCUT2D eigenvalue weighted by Crippen LogP contribution is -2.27. The first-order valence-electron chi connectivity index (χ1n) is 8.92. The van der Waals surface area contributed by atoms with Gasteiger partial charge in [-0.05, 0) is 24.3 Å². The Bertz CT molecular complexity index is 1190. The lowest BCUT2D eigenvalue weighted by atomic mass is 10.1. The second-order valence-corrected chi connectivity index (χ2v) is 6.48. The van der Waals surface area contributed by atoms with Crippen LogP contribution in [0.5, 0.6) is 0 Å². The molecule has 0 aliphatic carbocycles. The van der Waals surface area contributed by atoms with Gasteiger partial charge in [0.15, 0.2) is 5.65 Å². The summed E-state index contributed by atoms with van der Waals surface area (Å²) in [5, 5.41) is 2.74. The molecule has 2 amide bonds. The van der Waals surface area contributed by atoms with E-state index in [2.05, 4.69) is 20.3 Å². The van der Waals surface area contributed by atoms with E-state index in [0.29, 0.717) is 17.0 Å². The van der Waals surface area contributed by atoms with E-state index in [1.54, 1.807) is 44.1 Å². The van der Waals surface area contributed by atoms with Gasteiger partial charge in [0.1, 0.15) is 5.69 Å². The zero-order chi connectivity index (χ0) is 20.4. The molecule has 0 saturated heterocycles. The molecular formula is C21H18N6O2. The summed E-state index contributed by atoms with van der Waals surface area (Å²) in [5.74, 6) is -0.375. The molecule has 4 rings (SSSR count). The monoisotopic (exact) mass is 386 g/mol. The van der Waals surface area contributed by atoms with Crippen LogP contribution < -0.4 is 10.2 Å². The van der Waals surface area contributed by atoms with Crippen molar-refractivity contribution in [2.45, 2.75) is 6.92 Å². The summed E-state index contributed by atoms with van der Waals surface area (Å²) in [5.41, 5.74) is 4.03. The summed E-state index contributed by atoms with van der Waals surface area (Å²) in [6.07, 6.45) is 8.24. The van der Waals surface area contributed by atoms with Crippen molar-refractivity contribution in [3.63, 3.8) is 0 Å². The van der Waals surface area contributed by atoms with Crippen molar-refractivity contribution in [1.29, 1.82) is 0 Å². The molecule has 8 heteroatoms. The zero-order valence-corrected chi connectivity index (χ0v) is 15.9. The number of nitrogens with one attached hydrogen (secondary N) is 1. The fourth-order valence-corrected chi connectivity index (χ4v) is 2.98. The maximum Gasteiger partial charge on any atom is 0.278 e. The van der Waals surface area contributed by atoms with Gasteiger partial charge in [-0.15, -0.1) is 0 Å². The third-order valence-corrected chi connectivity index (χ3v) is 4.45. The molecule has 3 heterocycles. The van der Waals surface area contributed by atoms with Crippen molar-refractivity contribution < 1.29 is 9.59 Å². The van der Waals surface area contributed by atoms with Crippen molar-refractivity contribution in [3.05, 3.63) is 73.1 Å². The summed E-state index contributed by atoms with van der Waals surface area (Å²) in [6.45, 7) is 1.46. The largest absolute Gasteiger partial charge is 0.326 e. The van der Waals surface area contributed by atoms with E-state index < -0.39 is 0 Å². The quantitative estimate of drug-likeness (QED) is 0.582. The molecule has 3 aromatic heterocycles. The number of anilines is 2. The highest BCUT2D eigenvalue weighted by molar-refractivity contribution is 6.04. The normalized spacial score (nSPS) is 10.7. The smallest absolute Gasteiger partial charge is 0.278 e. The summed E-state index contributed by atoms with van der Waals surface area (Å²) < 4.78 is 1.82. The molecule has 0 bridgehead atoms. The second-order valence-electron chi connectivity index (χ2n) is 6.48. The number of pyridine rings is 1. The highest BCUT2D eigenvalue weighted by Gasteiger charge is 2.17. The van der Waals surface area contributed by atoms with Crippen molar-refractivity contribution in [2.75, 3.05) is 17.3 Å². The maximum absolute atomic E-state index is 12.9. The first-order chi connectivity index (χ1) is 14.0. The molecule has 0 radical (unpaired) electrons. The van der Waals surface area contributed by atoms with Crippen LogP contribution >= 0.6 is 0 Å². The van der Waals surface area contributed by atoms with E-state index in [4.69, 9.17) is 0 Å². The van der Waals surface area contributed by atoms with Crippen molar-refractivity contribution >= 4 is 28.8 Å². The summed E-state index contributed by atoms with van der Waals surface area (Å²) in [6, 6.07) is 11.0. The minimum atomic E-state index is -0.249. The Hall–Kier alpha value is -4.07. The van der Waals surface area contributed by atoms with Crippen LogP contribution in [-0.2, 0) is 4.79 Å². The van der Waals surface area contributed by atoms with E-state index in [9.17, 15) is 9.59 Å². The van der Waals surface area contributed by atoms with E-state index in [1.807, 2.05) is 34.7 Å². The number of amides is 2. The Morgan fingerprint density at radius 2 is 1.83 bits per heavy atom. The third-order valence-electron chi connectivity index (χ3n) is 4.45. The summed E-state index contributed by atoms with van der Waals surface area (Å²) in [4.78, 5) is 38.2. The molecule has 0 aliphatic heterocycles. The van der Waals surface area contributed by atoms with Gasteiger partial charge in [-0.2, -0.15) is 0 Å². The molecule has 0 unspecified atom stereocenters. The van der Waals surface area contributed by atoms with Gasteiger partial charge in [-0.25, -0.2) is 9.97 Å². The Kier molecular flexibility index (Phi) is 4.74. The molecule has 1 N–H and O–H groups in total. The molecule has 0 spiro atoms. The van der Waals surface area contributed by atoms with Gasteiger partial charge in [-0.1, -0.05) is 12.1 Å². The Balaban J connectivity index is 1.68. The number of aromatic nitrogens is 4. The van der Waals surface area contributed by atoms with Gasteiger partial charge < -0.3 is 10.2 Å². The van der Waals surface area contributed by atoms with Crippen LogP contribution in [0.1, 0.15) is 17.4 Å². The highest BCUT2D eigenvalue weighted by Crippen LogP contribution is 2.23. The predicted octanol–water partition coefficient (Wildman–Crippen LogP) is 3.03. The highest BCUT2D eigenvalue weighted by atomic mass is 16.2. The minimum Gasteiger partial charge on any atom is -0.326 e. The zero-order valence-electron chi connectivity index (χ0n) is 15.9. The third kappa shape index (κ3) is 3.68. The number of hydrogen-bond donors (Lipinski definition) is 1. The van der Waals surface area contributed by atoms with Gasteiger partial charge in [0.2, 0.25) is 5.91 Å². The van der Waals surface area contributed by atoms with E-state index in [-0.39, 0.29) is 17.5 Å². The van der Waals surface area contributed by atoms with Gasteiger partial charge in [0, 0.05) is 37.6 Å². The fraction of sp³-hybridized carbons (Fsp3) is 0.0952. The number of carbonyl (C=O) groups is 2. The predicted molar refractivity (Wildman–Crippen MR) is 110 cm³/mol.